The van der Waals surface area contributed by atoms with E-state index in [2.05, 4.69) is 25.2 Å². The lowest BCUT2D eigenvalue weighted by Crippen LogP contribution is -1.79. The van der Waals surface area contributed by atoms with Gasteiger partial charge in [-0.15, -0.1) is 11.8 Å². The van der Waals surface area contributed by atoms with Gasteiger partial charge in [-0.1, -0.05) is 39.0 Å². The Kier molecular flexibility index (Phi) is 7.81. The summed E-state index contributed by atoms with van der Waals surface area (Å²) in [4.78, 5) is 1.45. The van der Waals surface area contributed by atoms with Crippen LogP contribution in [-0.2, 0) is 0 Å². The van der Waals surface area contributed by atoms with Crippen molar-refractivity contribution in [3.63, 3.8) is 0 Å². The molecule has 0 atom stereocenters. The summed E-state index contributed by atoms with van der Waals surface area (Å²) in [6.07, 6.45) is 9.25. The summed E-state index contributed by atoms with van der Waals surface area (Å²) >= 11 is 1.93. The maximum atomic E-state index is 2.31. The van der Waals surface area contributed by atoms with E-state index in [4.69, 9.17) is 0 Å². The molecule has 1 heteroatoms. The van der Waals surface area contributed by atoms with Gasteiger partial charge in [-0.3, -0.25) is 0 Å². The van der Waals surface area contributed by atoms with E-state index in [0.29, 0.717) is 0 Å². The second kappa shape index (κ2) is 7.93. The fourth-order valence-corrected chi connectivity index (χ4v) is 1.62. The molecule has 0 aromatic rings. The minimum absolute atomic E-state index is 1.19. The average Bonchev–Trinajstić information content (AvgIpc) is 2.11. The lowest BCUT2D eigenvalue weighted by atomic mass is 10.2. The van der Waals surface area contributed by atoms with E-state index in [1.807, 2.05) is 25.6 Å². The van der Waals surface area contributed by atoms with Crippen molar-refractivity contribution in [3.8, 4) is 0 Å². The Balaban J connectivity index is 0.000000461. The smallest absolute Gasteiger partial charge is 0.00288 e. The summed E-state index contributed by atoms with van der Waals surface area (Å²) in [7, 11) is 0. The van der Waals surface area contributed by atoms with E-state index in [9.17, 15) is 0 Å². The van der Waals surface area contributed by atoms with Gasteiger partial charge in [0.1, 0.15) is 0 Å². The van der Waals surface area contributed by atoms with Crippen molar-refractivity contribution in [2.75, 3.05) is 5.75 Å². The molecule has 1 aliphatic rings. The number of thioether (sulfide) groups is 1. The van der Waals surface area contributed by atoms with Gasteiger partial charge >= 0.3 is 0 Å². The molecule has 11 heavy (non-hydrogen) atoms. The van der Waals surface area contributed by atoms with Crippen molar-refractivity contribution >= 4 is 11.8 Å². The zero-order valence-electron chi connectivity index (χ0n) is 7.76. The molecule has 0 fully saturated rings. The van der Waals surface area contributed by atoms with Gasteiger partial charge in [0, 0.05) is 4.91 Å². The second-order valence-corrected chi connectivity index (χ2v) is 3.36. The summed E-state index contributed by atoms with van der Waals surface area (Å²) in [5, 5.41) is 0. The van der Waals surface area contributed by atoms with Crippen molar-refractivity contribution in [3.05, 3.63) is 23.1 Å². The topological polar surface area (TPSA) is 0 Å². The molecule has 0 nitrogen and oxygen atoms in total. The zero-order valence-corrected chi connectivity index (χ0v) is 8.58. The molecule has 0 N–H and O–H groups in total. The standard InChI is InChI=1S/C8H12S.C2H6/c1-2-9-8-6-4-3-5-7-8;1-2/h4,6-7H,2-3,5H2,1H3;1-2H3. The zero-order chi connectivity index (χ0) is 8.53. The maximum absolute atomic E-state index is 2.31. The van der Waals surface area contributed by atoms with Gasteiger partial charge < -0.3 is 0 Å². The number of hydrogen-bond acceptors (Lipinski definition) is 1. The highest BCUT2D eigenvalue weighted by atomic mass is 32.2. The van der Waals surface area contributed by atoms with Gasteiger partial charge in [-0.05, 0) is 18.6 Å². The lowest BCUT2D eigenvalue weighted by Gasteiger charge is -2.02. The molecule has 0 spiro atoms. The first kappa shape index (κ1) is 10.8. The Bertz CT molecular complexity index is 134. The molecule has 0 aliphatic heterocycles. The fourth-order valence-electron chi connectivity index (χ4n) is 0.863. The lowest BCUT2D eigenvalue weighted by molar-refractivity contribution is 1.03. The summed E-state index contributed by atoms with van der Waals surface area (Å²) in [6, 6.07) is 0. The molecule has 0 aromatic heterocycles. The highest BCUT2D eigenvalue weighted by Crippen LogP contribution is 2.20. The summed E-state index contributed by atoms with van der Waals surface area (Å²) in [6.45, 7) is 6.19. The summed E-state index contributed by atoms with van der Waals surface area (Å²) in [5.74, 6) is 1.19. The summed E-state index contributed by atoms with van der Waals surface area (Å²) in [5.41, 5.74) is 0. The molecule has 1 rings (SSSR count). The third-order valence-electron chi connectivity index (χ3n) is 1.27. The molecule has 0 saturated heterocycles. The predicted octanol–water partition coefficient (Wildman–Crippen LogP) is 4.00. The Labute approximate surface area is 74.8 Å². The van der Waals surface area contributed by atoms with Crippen LogP contribution in [0, 0.1) is 0 Å². The molecule has 1 aliphatic carbocycles. The van der Waals surface area contributed by atoms with Crippen LogP contribution in [-0.4, -0.2) is 5.75 Å². The van der Waals surface area contributed by atoms with Crippen molar-refractivity contribution in [1.82, 2.24) is 0 Å². The largest absolute Gasteiger partial charge is 0.127 e. The summed E-state index contributed by atoms with van der Waals surface area (Å²) < 4.78 is 0. The Morgan fingerprint density at radius 1 is 1.36 bits per heavy atom. The third kappa shape index (κ3) is 5.14. The first-order valence-electron chi connectivity index (χ1n) is 4.43. The molecule has 64 valence electrons. The monoisotopic (exact) mass is 170 g/mol. The van der Waals surface area contributed by atoms with E-state index in [-0.39, 0.29) is 0 Å². The van der Waals surface area contributed by atoms with Gasteiger partial charge in [0.15, 0.2) is 0 Å². The van der Waals surface area contributed by atoms with Gasteiger partial charge in [0.05, 0.1) is 0 Å². The molecular formula is C10H18S. The number of rotatable bonds is 2. The van der Waals surface area contributed by atoms with Gasteiger partial charge in [0.2, 0.25) is 0 Å². The van der Waals surface area contributed by atoms with E-state index in [1.54, 1.807) is 0 Å². The van der Waals surface area contributed by atoms with Crippen LogP contribution in [0.1, 0.15) is 33.6 Å². The third-order valence-corrected chi connectivity index (χ3v) is 2.20. The SMILES string of the molecule is CC.CCSC1=CCCC=C1. The Morgan fingerprint density at radius 2 is 2.09 bits per heavy atom. The normalized spacial score (nSPS) is 15.0. The average molecular weight is 170 g/mol. The van der Waals surface area contributed by atoms with Crippen molar-refractivity contribution in [1.29, 1.82) is 0 Å². The van der Waals surface area contributed by atoms with Gasteiger partial charge in [0.25, 0.3) is 0 Å². The molecular weight excluding hydrogens is 152 g/mol. The van der Waals surface area contributed by atoms with E-state index < -0.39 is 0 Å². The Hall–Kier alpha value is -0.170. The molecule has 0 unspecified atom stereocenters. The number of allylic oxidation sites excluding steroid dienone is 3. The Morgan fingerprint density at radius 3 is 2.55 bits per heavy atom. The fraction of sp³-hybridized carbons (Fsp3) is 0.600. The van der Waals surface area contributed by atoms with Crippen LogP contribution in [0.3, 0.4) is 0 Å². The van der Waals surface area contributed by atoms with Crippen LogP contribution in [0.15, 0.2) is 23.1 Å². The van der Waals surface area contributed by atoms with Crippen LogP contribution in [0.5, 0.6) is 0 Å². The molecule has 0 amide bonds. The number of hydrogen-bond donors (Lipinski definition) is 0. The first-order chi connectivity index (χ1) is 5.43. The van der Waals surface area contributed by atoms with Crippen LogP contribution in [0.2, 0.25) is 0 Å². The highest BCUT2D eigenvalue weighted by molar-refractivity contribution is 8.03. The molecule has 0 heterocycles. The predicted molar refractivity (Wildman–Crippen MR) is 55.9 cm³/mol. The first-order valence-corrected chi connectivity index (χ1v) is 5.41. The minimum atomic E-state index is 1.19. The van der Waals surface area contributed by atoms with Crippen LogP contribution in [0.25, 0.3) is 0 Å². The molecule has 0 saturated carbocycles. The van der Waals surface area contributed by atoms with Gasteiger partial charge in [-0.2, -0.15) is 0 Å². The minimum Gasteiger partial charge on any atom is -0.127 e. The van der Waals surface area contributed by atoms with Crippen LogP contribution < -0.4 is 0 Å². The van der Waals surface area contributed by atoms with Gasteiger partial charge in [-0.25, -0.2) is 0 Å². The van der Waals surface area contributed by atoms with Crippen LogP contribution >= 0.6 is 11.8 Å². The second-order valence-electron chi connectivity index (χ2n) is 2.02. The van der Waals surface area contributed by atoms with E-state index in [0.717, 1.165) is 0 Å². The van der Waals surface area contributed by atoms with Crippen molar-refractivity contribution < 1.29 is 0 Å². The van der Waals surface area contributed by atoms with E-state index >= 15 is 0 Å². The van der Waals surface area contributed by atoms with Crippen LogP contribution in [0.4, 0.5) is 0 Å². The highest BCUT2D eigenvalue weighted by Gasteiger charge is 1.94. The molecule has 0 radical (unpaired) electrons. The van der Waals surface area contributed by atoms with E-state index in [1.165, 1.54) is 23.5 Å². The maximum Gasteiger partial charge on any atom is 0.00288 e. The van der Waals surface area contributed by atoms with Crippen molar-refractivity contribution in [2.45, 2.75) is 33.6 Å². The molecule has 0 bridgehead atoms. The molecule has 0 aromatic carbocycles. The quantitative estimate of drug-likeness (QED) is 0.603. The van der Waals surface area contributed by atoms with Crippen molar-refractivity contribution in [2.24, 2.45) is 0 Å².